The molecule has 0 saturated carbocycles. The molecule has 3 aromatic rings. The molecular weight excluding hydrogens is 429 g/mol. The van der Waals surface area contributed by atoms with Gasteiger partial charge in [-0.3, -0.25) is 9.59 Å². The molecule has 2 aromatic carbocycles. The lowest BCUT2D eigenvalue weighted by atomic mass is 10.1. The minimum Gasteiger partial charge on any atom is -0.487 e. The zero-order chi connectivity index (χ0) is 22.8. The van der Waals surface area contributed by atoms with Crippen molar-refractivity contribution < 1.29 is 18.7 Å². The van der Waals surface area contributed by atoms with Gasteiger partial charge >= 0.3 is 0 Å². The SMILES string of the molecule is Cc1nc(COc2ccc(/C=C/C(=O)NCCNC(=O)Cc3cccc(F)c3)cc2)cs1. The molecule has 1 aromatic heterocycles. The molecule has 1 heterocycles. The third-order valence-corrected chi connectivity index (χ3v) is 5.18. The van der Waals surface area contributed by atoms with Gasteiger partial charge in [0, 0.05) is 24.5 Å². The zero-order valence-electron chi connectivity index (χ0n) is 17.6. The number of amides is 2. The lowest BCUT2D eigenvalue weighted by Crippen LogP contribution is -2.34. The van der Waals surface area contributed by atoms with Crippen molar-refractivity contribution >= 4 is 29.2 Å². The van der Waals surface area contributed by atoms with Crippen molar-refractivity contribution in [2.24, 2.45) is 0 Å². The minimum atomic E-state index is -0.373. The molecular formula is C24H24FN3O3S. The molecule has 2 N–H and O–H groups in total. The van der Waals surface area contributed by atoms with Crippen LogP contribution >= 0.6 is 11.3 Å². The van der Waals surface area contributed by atoms with Crippen molar-refractivity contribution in [2.45, 2.75) is 20.0 Å². The summed E-state index contributed by atoms with van der Waals surface area (Å²) in [6, 6.07) is 13.3. The third kappa shape index (κ3) is 7.96. The van der Waals surface area contributed by atoms with Gasteiger partial charge in [0.25, 0.3) is 0 Å². The van der Waals surface area contributed by atoms with E-state index >= 15 is 0 Å². The van der Waals surface area contributed by atoms with Crippen molar-refractivity contribution in [3.05, 3.63) is 87.6 Å². The second-order valence-corrected chi connectivity index (χ2v) is 8.06. The highest BCUT2D eigenvalue weighted by Gasteiger charge is 2.04. The topological polar surface area (TPSA) is 80.3 Å². The fourth-order valence-corrected chi connectivity index (χ4v) is 3.42. The normalized spacial score (nSPS) is 10.8. The van der Waals surface area contributed by atoms with Crippen LogP contribution in [0.4, 0.5) is 4.39 Å². The molecule has 0 saturated heterocycles. The summed E-state index contributed by atoms with van der Waals surface area (Å²) in [6.07, 6.45) is 3.22. The molecule has 0 bridgehead atoms. The molecule has 0 unspecified atom stereocenters. The van der Waals surface area contributed by atoms with E-state index in [4.69, 9.17) is 4.74 Å². The predicted molar refractivity (Wildman–Crippen MR) is 123 cm³/mol. The molecule has 166 valence electrons. The number of ether oxygens (including phenoxy) is 1. The van der Waals surface area contributed by atoms with E-state index in [1.54, 1.807) is 29.5 Å². The van der Waals surface area contributed by atoms with Gasteiger partial charge in [-0.05, 0) is 48.4 Å². The predicted octanol–water partition coefficient (Wildman–Crippen LogP) is 3.66. The van der Waals surface area contributed by atoms with Gasteiger partial charge in [-0.25, -0.2) is 9.37 Å². The number of aryl methyl sites for hydroxylation is 1. The first-order valence-electron chi connectivity index (χ1n) is 10.1. The zero-order valence-corrected chi connectivity index (χ0v) is 18.5. The smallest absolute Gasteiger partial charge is 0.244 e. The number of carbonyl (C=O) groups excluding carboxylic acids is 2. The molecule has 32 heavy (non-hydrogen) atoms. The fraction of sp³-hybridized carbons (Fsp3) is 0.208. The first-order chi connectivity index (χ1) is 15.5. The Morgan fingerprint density at radius 2 is 1.91 bits per heavy atom. The second-order valence-electron chi connectivity index (χ2n) is 7.00. The van der Waals surface area contributed by atoms with E-state index in [1.807, 2.05) is 36.6 Å². The molecule has 0 aliphatic rings. The Hall–Kier alpha value is -3.52. The van der Waals surface area contributed by atoms with Gasteiger partial charge in [-0.1, -0.05) is 24.3 Å². The van der Waals surface area contributed by atoms with Crippen molar-refractivity contribution in [1.82, 2.24) is 15.6 Å². The van der Waals surface area contributed by atoms with Crippen molar-refractivity contribution in [3.8, 4) is 5.75 Å². The largest absolute Gasteiger partial charge is 0.487 e. The van der Waals surface area contributed by atoms with E-state index < -0.39 is 0 Å². The molecule has 2 amide bonds. The van der Waals surface area contributed by atoms with Gasteiger partial charge in [0.1, 0.15) is 18.2 Å². The molecule has 0 atom stereocenters. The molecule has 0 spiro atoms. The van der Waals surface area contributed by atoms with E-state index in [2.05, 4.69) is 15.6 Å². The number of benzene rings is 2. The number of nitrogens with zero attached hydrogens (tertiary/aromatic N) is 1. The van der Waals surface area contributed by atoms with Gasteiger partial charge in [-0.15, -0.1) is 11.3 Å². The van der Waals surface area contributed by atoms with Crippen LogP contribution in [0.1, 0.15) is 21.8 Å². The molecule has 3 rings (SSSR count). The first-order valence-corrected chi connectivity index (χ1v) is 11.0. The Kier molecular flexibility index (Phi) is 8.51. The lowest BCUT2D eigenvalue weighted by Gasteiger charge is -2.06. The van der Waals surface area contributed by atoms with Gasteiger partial charge in [-0.2, -0.15) is 0 Å². The summed E-state index contributed by atoms with van der Waals surface area (Å²) in [6.45, 7) is 2.96. The molecule has 0 radical (unpaired) electrons. The maximum absolute atomic E-state index is 13.1. The number of thiazole rings is 1. The standard InChI is InChI=1S/C24H24FN3O3S/c1-17-28-21(16-32-17)15-31-22-8-5-18(6-9-22)7-10-23(29)26-11-12-27-24(30)14-19-3-2-4-20(25)13-19/h2-10,13,16H,11-12,14-15H2,1H3,(H,26,29)(H,27,30)/b10-7+. The van der Waals surface area contributed by atoms with E-state index in [1.165, 1.54) is 18.2 Å². The molecule has 8 heteroatoms. The van der Waals surface area contributed by atoms with E-state index in [0.717, 1.165) is 22.0 Å². The molecule has 0 aliphatic carbocycles. The van der Waals surface area contributed by atoms with E-state index in [-0.39, 0.29) is 30.6 Å². The van der Waals surface area contributed by atoms with Crippen LogP contribution in [0.2, 0.25) is 0 Å². The molecule has 0 fully saturated rings. The number of hydrogen-bond acceptors (Lipinski definition) is 5. The quantitative estimate of drug-likeness (QED) is 0.363. The van der Waals surface area contributed by atoms with E-state index in [0.29, 0.717) is 18.7 Å². The highest BCUT2D eigenvalue weighted by Crippen LogP contribution is 2.16. The maximum atomic E-state index is 13.1. The van der Waals surface area contributed by atoms with Gasteiger partial charge in [0.15, 0.2) is 0 Å². The maximum Gasteiger partial charge on any atom is 0.244 e. The Bertz CT molecular complexity index is 1080. The lowest BCUT2D eigenvalue weighted by molar-refractivity contribution is -0.121. The van der Waals surface area contributed by atoms with Crippen LogP contribution in [-0.4, -0.2) is 29.9 Å². The van der Waals surface area contributed by atoms with Crippen molar-refractivity contribution in [1.29, 1.82) is 0 Å². The fourth-order valence-electron chi connectivity index (χ4n) is 2.82. The molecule has 6 nitrogen and oxygen atoms in total. The summed E-state index contributed by atoms with van der Waals surface area (Å²) >= 11 is 1.59. The summed E-state index contributed by atoms with van der Waals surface area (Å²) < 4.78 is 18.8. The van der Waals surface area contributed by atoms with Gasteiger partial charge in [0.2, 0.25) is 11.8 Å². The minimum absolute atomic E-state index is 0.0920. The number of nitrogens with one attached hydrogen (secondary N) is 2. The number of hydrogen-bond donors (Lipinski definition) is 2. The average molecular weight is 454 g/mol. The van der Waals surface area contributed by atoms with Crippen LogP contribution < -0.4 is 15.4 Å². The summed E-state index contributed by atoms with van der Waals surface area (Å²) in [5, 5.41) is 8.38. The summed E-state index contributed by atoms with van der Waals surface area (Å²) in [4.78, 5) is 28.2. The third-order valence-electron chi connectivity index (χ3n) is 4.36. The first kappa shape index (κ1) is 23.1. The van der Waals surface area contributed by atoms with Crippen LogP contribution in [-0.2, 0) is 22.6 Å². The van der Waals surface area contributed by atoms with Crippen molar-refractivity contribution in [3.63, 3.8) is 0 Å². The van der Waals surface area contributed by atoms with Crippen LogP contribution in [0.15, 0.2) is 60.0 Å². The highest BCUT2D eigenvalue weighted by atomic mass is 32.1. The van der Waals surface area contributed by atoms with Crippen LogP contribution in [0.3, 0.4) is 0 Å². The summed E-state index contributed by atoms with van der Waals surface area (Å²) in [7, 11) is 0. The Morgan fingerprint density at radius 1 is 1.12 bits per heavy atom. The Morgan fingerprint density at radius 3 is 2.62 bits per heavy atom. The van der Waals surface area contributed by atoms with Crippen LogP contribution in [0, 0.1) is 12.7 Å². The van der Waals surface area contributed by atoms with Crippen LogP contribution in [0.25, 0.3) is 6.08 Å². The number of carbonyl (C=O) groups is 2. The van der Waals surface area contributed by atoms with Gasteiger partial charge < -0.3 is 15.4 Å². The summed E-state index contributed by atoms with van der Waals surface area (Å²) in [5.41, 5.74) is 2.36. The molecule has 0 aliphatic heterocycles. The number of halogens is 1. The number of rotatable bonds is 10. The average Bonchev–Trinajstić information content (AvgIpc) is 3.20. The Labute approximate surface area is 190 Å². The second kappa shape index (κ2) is 11.8. The number of aromatic nitrogens is 1. The van der Waals surface area contributed by atoms with Crippen LogP contribution in [0.5, 0.6) is 5.75 Å². The Balaban J connectivity index is 1.33. The monoisotopic (exact) mass is 453 g/mol. The van der Waals surface area contributed by atoms with Gasteiger partial charge in [0.05, 0.1) is 17.1 Å². The highest BCUT2D eigenvalue weighted by molar-refractivity contribution is 7.09. The summed E-state index contributed by atoms with van der Waals surface area (Å²) in [5.74, 6) is -0.135. The van der Waals surface area contributed by atoms with E-state index in [9.17, 15) is 14.0 Å². The van der Waals surface area contributed by atoms with Crippen molar-refractivity contribution in [2.75, 3.05) is 13.1 Å².